The number of rotatable bonds is 15. The first-order chi connectivity index (χ1) is 12.9. The maximum atomic E-state index is 12.2. The van der Waals surface area contributed by atoms with Gasteiger partial charge in [-0.1, -0.05) is 97.6 Å². The SMILES string of the molecule is CCCCCCCCCCCCSC(CC1[C@@H](C)C=CCC1(C)C)C(C)=O. The molecule has 27 heavy (non-hydrogen) atoms. The fourth-order valence-corrected chi connectivity index (χ4v) is 5.75. The standard InChI is InChI=1S/C25H46OS/c1-6-7-8-9-10-11-12-13-14-15-19-27-24(22(3)26)20-23-21(2)17-16-18-25(23,4)5/h16-17,21,23-24H,6-15,18-20H2,1-5H3/t21-,23?,24?/m0/s1. The summed E-state index contributed by atoms with van der Waals surface area (Å²) in [6, 6.07) is 0. The molecule has 0 amide bonds. The molecule has 0 spiro atoms. The van der Waals surface area contributed by atoms with Gasteiger partial charge < -0.3 is 0 Å². The number of hydrogen-bond donors (Lipinski definition) is 0. The van der Waals surface area contributed by atoms with E-state index in [2.05, 4.69) is 39.8 Å². The van der Waals surface area contributed by atoms with E-state index in [9.17, 15) is 4.79 Å². The third-order valence-electron chi connectivity index (χ3n) is 6.46. The normalized spacial score (nSPS) is 22.7. The van der Waals surface area contributed by atoms with Gasteiger partial charge in [-0.2, -0.15) is 11.8 Å². The van der Waals surface area contributed by atoms with Crippen LogP contribution in [0.2, 0.25) is 0 Å². The van der Waals surface area contributed by atoms with Gasteiger partial charge in [0.1, 0.15) is 5.78 Å². The number of allylic oxidation sites excluding steroid dienone is 2. The number of hydrogen-bond acceptors (Lipinski definition) is 2. The molecular formula is C25H46OS. The van der Waals surface area contributed by atoms with Gasteiger partial charge in [0.05, 0.1) is 5.25 Å². The molecule has 0 bridgehead atoms. The molecule has 158 valence electrons. The van der Waals surface area contributed by atoms with Crippen molar-refractivity contribution >= 4 is 17.5 Å². The number of unbranched alkanes of at least 4 members (excludes halogenated alkanes) is 9. The lowest BCUT2D eigenvalue weighted by Crippen LogP contribution is -2.35. The van der Waals surface area contributed by atoms with Crippen LogP contribution >= 0.6 is 11.8 Å². The van der Waals surface area contributed by atoms with Crippen LogP contribution in [-0.2, 0) is 4.79 Å². The Morgan fingerprint density at radius 2 is 1.59 bits per heavy atom. The molecule has 0 heterocycles. The first kappa shape index (κ1) is 24.8. The molecular weight excluding hydrogens is 348 g/mol. The number of thioether (sulfide) groups is 1. The summed E-state index contributed by atoms with van der Waals surface area (Å²) in [6.07, 6.45) is 20.7. The van der Waals surface area contributed by atoms with Crippen molar-refractivity contribution in [3.05, 3.63) is 12.2 Å². The molecule has 0 aromatic carbocycles. The van der Waals surface area contributed by atoms with E-state index in [0.717, 1.165) is 18.6 Å². The Balaban J connectivity index is 2.19. The Kier molecular flexibility index (Phi) is 12.7. The van der Waals surface area contributed by atoms with E-state index in [1.807, 2.05) is 11.8 Å². The summed E-state index contributed by atoms with van der Waals surface area (Å²) in [4.78, 5) is 12.2. The highest BCUT2D eigenvalue weighted by molar-refractivity contribution is 8.00. The van der Waals surface area contributed by atoms with Gasteiger partial charge in [-0.15, -0.1) is 0 Å². The summed E-state index contributed by atoms with van der Waals surface area (Å²) in [7, 11) is 0. The molecule has 0 radical (unpaired) electrons. The van der Waals surface area contributed by atoms with Crippen molar-refractivity contribution in [2.75, 3.05) is 5.75 Å². The van der Waals surface area contributed by atoms with Crippen LogP contribution in [0.15, 0.2) is 12.2 Å². The maximum absolute atomic E-state index is 12.2. The van der Waals surface area contributed by atoms with Gasteiger partial charge in [0.25, 0.3) is 0 Å². The molecule has 0 N–H and O–H groups in total. The van der Waals surface area contributed by atoms with E-state index >= 15 is 0 Å². The molecule has 2 unspecified atom stereocenters. The highest BCUT2D eigenvalue weighted by atomic mass is 32.2. The summed E-state index contributed by atoms with van der Waals surface area (Å²) in [5.41, 5.74) is 0.319. The highest BCUT2D eigenvalue weighted by Crippen LogP contribution is 2.44. The van der Waals surface area contributed by atoms with E-state index in [1.54, 1.807) is 6.92 Å². The van der Waals surface area contributed by atoms with E-state index < -0.39 is 0 Å². The summed E-state index contributed by atoms with van der Waals surface area (Å²) in [5, 5.41) is 0.196. The Morgan fingerprint density at radius 3 is 2.11 bits per heavy atom. The van der Waals surface area contributed by atoms with E-state index in [-0.39, 0.29) is 5.25 Å². The fourth-order valence-electron chi connectivity index (χ4n) is 4.51. The van der Waals surface area contributed by atoms with Crippen molar-refractivity contribution < 1.29 is 4.79 Å². The monoisotopic (exact) mass is 394 g/mol. The lowest BCUT2D eigenvalue weighted by molar-refractivity contribution is -0.117. The van der Waals surface area contributed by atoms with Crippen molar-refractivity contribution in [3.8, 4) is 0 Å². The lowest BCUT2D eigenvalue weighted by atomic mass is 9.65. The van der Waals surface area contributed by atoms with Crippen LogP contribution in [-0.4, -0.2) is 16.8 Å². The highest BCUT2D eigenvalue weighted by Gasteiger charge is 2.36. The quantitative estimate of drug-likeness (QED) is 0.205. The van der Waals surface area contributed by atoms with Gasteiger partial charge in [0.2, 0.25) is 0 Å². The van der Waals surface area contributed by atoms with Crippen LogP contribution in [0.3, 0.4) is 0 Å². The second kappa shape index (κ2) is 13.9. The Hall–Kier alpha value is -0.240. The van der Waals surface area contributed by atoms with Crippen LogP contribution in [0.1, 0.15) is 112 Å². The summed E-state index contributed by atoms with van der Waals surface area (Å²) in [6.45, 7) is 11.2. The second-order valence-electron chi connectivity index (χ2n) is 9.47. The molecule has 0 fully saturated rings. The topological polar surface area (TPSA) is 17.1 Å². The predicted molar refractivity (Wildman–Crippen MR) is 124 cm³/mol. The number of carbonyl (C=O) groups is 1. The molecule has 1 aliphatic rings. The van der Waals surface area contributed by atoms with Gasteiger partial charge in [0, 0.05) is 0 Å². The first-order valence-corrected chi connectivity index (χ1v) is 12.7. The summed E-state index contributed by atoms with van der Waals surface area (Å²) < 4.78 is 0. The van der Waals surface area contributed by atoms with Crippen molar-refractivity contribution in [2.45, 2.75) is 117 Å². The van der Waals surface area contributed by atoms with Crippen LogP contribution in [0.5, 0.6) is 0 Å². The van der Waals surface area contributed by atoms with Gasteiger partial charge in [-0.3, -0.25) is 4.79 Å². The third-order valence-corrected chi connectivity index (χ3v) is 7.91. The third kappa shape index (κ3) is 10.2. The Labute approximate surface area is 174 Å². The maximum Gasteiger partial charge on any atom is 0.142 e. The van der Waals surface area contributed by atoms with Crippen LogP contribution in [0.25, 0.3) is 0 Å². The fraction of sp³-hybridized carbons (Fsp3) is 0.880. The van der Waals surface area contributed by atoms with Gasteiger partial charge in [-0.05, 0) is 49.2 Å². The smallest absolute Gasteiger partial charge is 0.142 e. The molecule has 0 saturated carbocycles. The largest absolute Gasteiger partial charge is 0.299 e. The predicted octanol–water partition coefficient (Wildman–Crippen LogP) is 8.23. The molecule has 2 heteroatoms. The summed E-state index contributed by atoms with van der Waals surface area (Å²) >= 11 is 1.93. The van der Waals surface area contributed by atoms with Gasteiger partial charge in [0.15, 0.2) is 0 Å². The minimum absolute atomic E-state index is 0.196. The average Bonchev–Trinajstić information content (AvgIpc) is 2.60. The minimum Gasteiger partial charge on any atom is -0.299 e. The van der Waals surface area contributed by atoms with E-state index in [1.165, 1.54) is 64.2 Å². The average molecular weight is 395 g/mol. The second-order valence-corrected chi connectivity index (χ2v) is 10.8. The molecule has 0 aromatic rings. The lowest BCUT2D eigenvalue weighted by Gasteiger charge is -2.41. The van der Waals surface area contributed by atoms with Crippen molar-refractivity contribution in [3.63, 3.8) is 0 Å². The zero-order chi connectivity index (χ0) is 20.1. The zero-order valence-electron chi connectivity index (χ0n) is 18.9. The number of Topliss-reactive ketones (excluding diaryl/α,β-unsaturated/α-hetero) is 1. The van der Waals surface area contributed by atoms with Crippen LogP contribution in [0.4, 0.5) is 0 Å². The molecule has 0 aliphatic heterocycles. The van der Waals surface area contributed by atoms with Gasteiger partial charge >= 0.3 is 0 Å². The molecule has 0 saturated heterocycles. The summed E-state index contributed by atoms with van der Waals surface area (Å²) in [5.74, 6) is 2.74. The number of ketones is 1. The molecule has 3 atom stereocenters. The number of carbonyl (C=O) groups excluding carboxylic acids is 1. The molecule has 1 aliphatic carbocycles. The Morgan fingerprint density at radius 1 is 1.04 bits per heavy atom. The van der Waals surface area contributed by atoms with Gasteiger partial charge in [-0.25, -0.2) is 0 Å². The Bertz CT molecular complexity index is 426. The van der Waals surface area contributed by atoms with Crippen LogP contribution < -0.4 is 0 Å². The van der Waals surface area contributed by atoms with Crippen LogP contribution in [0, 0.1) is 17.3 Å². The van der Waals surface area contributed by atoms with Crippen molar-refractivity contribution in [1.29, 1.82) is 0 Å². The molecule has 0 aromatic heterocycles. The van der Waals surface area contributed by atoms with E-state index in [0.29, 0.717) is 23.0 Å². The van der Waals surface area contributed by atoms with Crippen molar-refractivity contribution in [2.24, 2.45) is 17.3 Å². The van der Waals surface area contributed by atoms with E-state index in [4.69, 9.17) is 0 Å². The zero-order valence-corrected chi connectivity index (χ0v) is 19.7. The first-order valence-electron chi connectivity index (χ1n) is 11.7. The van der Waals surface area contributed by atoms with Crippen molar-refractivity contribution in [1.82, 2.24) is 0 Å². The minimum atomic E-state index is 0.196. The molecule has 1 rings (SSSR count). The molecule has 1 nitrogen and oxygen atoms in total.